The monoisotopic (exact) mass is 153 g/mol. The van der Waals surface area contributed by atoms with Crippen LogP contribution in [0.25, 0.3) is 0 Å². The molecule has 1 aliphatic carbocycles. The first kappa shape index (κ1) is 7.14. The molecule has 1 saturated heterocycles. The number of β-lactam (4-membered cyclic amide) rings is 1. The second-order valence-electron chi connectivity index (χ2n) is 4.20. The first-order chi connectivity index (χ1) is 5.17. The van der Waals surface area contributed by atoms with E-state index in [1.165, 1.54) is 6.42 Å². The van der Waals surface area contributed by atoms with Gasteiger partial charge in [-0.15, -0.1) is 0 Å². The molecule has 62 valence electrons. The molecule has 1 heterocycles. The van der Waals surface area contributed by atoms with Crippen LogP contribution in [0, 0.1) is 11.3 Å². The molecule has 0 aromatic rings. The number of rotatable bonds is 1. The van der Waals surface area contributed by atoms with Crippen LogP contribution in [0.2, 0.25) is 0 Å². The summed E-state index contributed by atoms with van der Waals surface area (Å²) < 4.78 is 0. The molecule has 11 heavy (non-hydrogen) atoms. The molecule has 1 N–H and O–H groups in total. The highest BCUT2D eigenvalue weighted by Crippen LogP contribution is 2.51. The van der Waals surface area contributed by atoms with E-state index in [1.54, 1.807) is 0 Å². The van der Waals surface area contributed by atoms with Crippen LogP contribution in [0.5, 0.6) is 0 Å². The molecular formula is C9H15NO. The Morgan fingerprint density at radius 2 is 2.18 bits per heavy atom. The summed E-state index contributed by atoms with van der Waals surface area (Å²) in [6, 6.07) is 0.476. The Labute approximate surface area is 67.4 Å². The summed E-state index contributed by atoms with van der Waals surface area (Å²) in [7, 11) is 0. The summed E-state index contributed by atoms with van der Waals surface area (Å²) in [4.78, 5) is 11.2. The number of hydrogen-bond donors (Lipinski definition) is 1. The number of carbonyl (C=O) groups excluding carboxylic acids is 1. The van der Waals surface area contributed by atoms with Gasteiger partial charge in [0.15, 0.2) is 0 Å². The van der Waals surface area contributed by atoms with Gasteiger partial charge < -0.3 is 5.32 Å². The summed E-state index contributed by atoms with van der Waals surface area (Å²) in [6.07, 6.45) is 3.50. The second-order valence-corrected chi connectivity index (χ2v) is 4.20. The topological polar surface area (TPSA) is 29.1 Å². The number of hydrogen-bond acceptors (Lipinski definition) is 1. The molecule has 1 saturated carbocycles. The van der Waals surface area contributed by atoms with Gasteiger partial charge in [0.2, 0.25) is 5.91 Å². The third-order valence-electron chi connectivity index (χ3n) is 3.25. The summed E-state index contributed by atoms with van der Waals surface area (Å²) in [5, 5.41) is 3.00. The zero-order valence-corrected chi connectivity index (χ0v) is 7.18. The highest BCUT2D eigenvalue weighted by molar-refractivity contribution is 5.91. The molecule has 2 rings (SSSR count). The van der Waals surface area contributed by atoms with Gasteiger partial charge in [-0.05, 0) is 18.8 Å². The smallest absolute Gasteiger partial charge is 0.228 e. The average molecular weight is 153 g/mol. The van der Waals surface area contributed by atoms with Crippen molar-refractivity contribution in [2.24, 2.45) is 11.3 Å². The zero-order chi connectivity index (χ0) is 8.06. The summed E-state index contributed by atoms with van der Waals surface area (Å²) in [6.45, 7) is 4.37. The van der Waals surface area contributed by atoms with E-state index in [0.29, 0.717) is 17.9 Å². The molecule has 2 fully saturated rings. The van der Waals surface area contributed by atoms with Gasteiger partial charge in [-0.25, -0.2) is 0 Å². The molecule has 0 bridgehead atoms. The molecule has 0 aromatic carbocycles. The number of nitrogens with one attached hydrogen (secondary N) is 1. The van der Waals surface area contributed by atoms with Crippen LogP contribution in [-0.4, -0.2) is 11.9 Å². The van der Waals surface area contributed by atoms with Crippen LogP contribution in [0.4, 0.5) is 0 Å². The van der Waals surface area contributed by atoms with E-state index in [-0.39, 0.29) is 5.41 Å². The van der Waals surface area contributed by atoms with E-state index >= 15 is 0 Å². The van der Waals surface area contributed by atoms with Crippen LogP contribution >= 0.6 is 0 Å². The maximum atomic E-state index is 11.2. The van der Waals surface area contributed by atoms with E-state index in [4.69, 9.17) is 0 Å². The Hall–Kier alpha value is -0.530. The van der Waals surface area contributed by atoms with Gasteiger partial charge in [0.05, 0.1) is 5.41 Å². The van der Waals surface area contributed by atoms with Crippen molar-refractivity contribution in [3.63, 3.8) is 0 Å². The van der Waals surface area contributed by atoms with Crippen molar-refractivity contribution in [1.82, 2.24) is 5.32 Å². The van der Waals surface area contributed by atoms with E-state index in [9.17, 15) is 4.79 Å². The van der Waals surface area contributed by atoms with Crippen molar-refractivity contribution in [2.75, 3.05) is 0 Å². The lowest BCUT2D eigenvalue weighted by Gasteiger charge is -2.56. The molecule has 0 unspecified atom stereocenters. The van der Waals surface area contributed by atoms with Gasteiger partial charge >= 0.3 is 0 Å². The van der Waals surface area contributed by atoms with Crippen LogP contribution in [0.3, 0.4) is 0 Å². The molecule has 1 amide bonds. The second kappa shape index (κ2) is 1.99. The van der Waals surface area contributed by atoms with Gasteiger partial charge in [0.25, 0.3) is 0 Å². The maximum Gasteiger partial charge on any atom is 0.228 e. The van der Waals surface area contributed by atoms with Gasteiger partial charge in [-0.3, -0.25) is 4.79 Å². The standard InChI is InChI=1S/C9H15NO/c1-6(2)7-9(4-3-5-9)8(11)10-7/h6-7H,3-5H2,1-2H3,(H,10,11)/t7-/m0/s1. The molecule has 0 radical (unpaired) electrons. The van der Waals surface area contributed by atoms with E-state index in [2.05, 4.69) is 19.2 Å². The fourth-order valence-electron chi connectivity index (χ4n) is 2.39. The van der Waals surface area contributed by atoms with E-state index in [0.717, 1.165) is 12.8 Å². The molecule has 1 atom stereocenters. The summed E-state index contributed by atoms with van der Waals surface area (Å²) in [5.41, 5.74) is 0.0914. The van der Waals surface area contributed by atoms with Crippen molar-refractivity contribution in [2.45, 2.75) is 39.2 Å². The highest BCUT2D eigenvalue weighted by atomic mass is 16.2. The largest absolute Gasteiger partial charge is 0.351 e. The minimum absolute atomic E-state index is 0.0914. The van der Waals surface area contributed by atoms with E-state index in [1.807, 2.05) is 0 Å². The minimum Gasteiger partial charge on any atom is -0.351 e. The van der Waals surface area contributed by atoms with Gasteiger partial charge in [-0.1, -0.05) is 20.3 Å². The Morgan fingerprint density at radius 3 is 2.36 bits per heavy atom. The summed E-state index contributed by atoms with van der Waals surface area (Å²) in [5.74, 6) is 0.912. The lowest BCUT2D eigenvalue weighted by atomic mass is 9.56. The Kier molecular flexibility index (Phi) is 1.29. The van der Waals surface area contributed by atoms with Crippen LogP contribution < -0.4 is 5.32 Å². The van der Waals surface area contributed by atoms with Gasteiger partial charge in [-0.2, -0.15) is 0 Å². The van der Waals surface area contributed by atoms with E-state index < -0.39 is 0 Å². The fourth-order valence-corrected chi connectivity index (χ4v) is 2.39. The van der Waals surface area contributed by atoms with Crippen LogP contribution in [0.1, 0.15) is 33.1 Å². The predicted octanol–water partition coefficient (Wildman–Crippen LogP) is 1.31. The maximum absolute atomic E-state index is 11.2. The molecule has 2 heteroatoms. The zero-order valence-electron chi connectivity index (χ0n) is 7.18. The molecule has 1 aliphatic heterocycles. The SMILES string of the molecule is CC(C)[C@@H]1NC(=O)C12CCC2. The van der Waals surface area contributed by atoms with Gasteiger partial charge in [0, 0.05) is 6.04 Å². The van der Waals surface area contributed by atoms with Crippen molar-refractivity contribution >= 4 is 5.91 Å². The van der Waals surface area contributed by atoms with Gasteiger partial charge in [0.1, 0.15) is 0 Å². The molecule has 2 aliphatic rings. The highest BCUT2D eigenvalue weighted by Gasteiger charge is 2.58. The lowest BCUT2D eigenvalue weighted by Crippen LogP contribution is -2.71. The van der Waals surface area contributed by atoms with Crippen molar-refractivity contribution in [3.05, 3.63) is 0 Å². The van der Waals surface area contributed by atoms with Crippen molar-refractivity contribution in [1.29, 1.82) is 0 Å². The number of carbonyl (C=O) groups is 1. The van der Waals surface area contributed by atoms with Crippen molar-refractivity contribution < 1.29 is 4.79 Å². The Balaban J connectivity index is 2.11. The Bertz CT molecular complexity index is 194. The molecule has 2 nitrogen and oxygen atoms in total. The first-order valence-electron chi connectivity index (χ1n) is 4.48. The lowest BCUT2D eigenvalue weighted by molar-refractivity contribution is -0.157. The fraction of sp³-hybridized carbons (Fsp3) is 0.889. The Morgan fingerprint density at radius 1 is 1.55 bits per heavy atom. The van der Waals surface area contributed by atoms with Crippen molar-refractivity contribution in [3.8, 4) is 0 Å². The quantitative estimate of drug-likeness (QED) is 0.565. The number of amides is 1. The normalized spacial score (nSPS) is 33.0. The third-order valence-corrected chi connectivity index (χ3v) is 3.25. The molecule has 1 spiro atoms. The average Bonchev–Trinajstić information content (AvgIpc) is 1.78. The summed E-state index contributed by atoms with van der Waals surface area (Å²) >= 11 is 0. The molecule has 0 aromatic heterocycles. The van der Waals surface area contributed by atoms with Crippen LogP contribution in [-0.2, 0) is 4.79 Å². The first-order valence-corrected chi connectivity index (χ1v) is 4.48. The minimum atomic E-state index is 0.0914. The molecular weight excluding hydrogens is 138 g/mol. The third kappa shape index (κ3) is 0.700. The van der Waals surface area contributed by atoms with Crippen LogP contribution in [0.15, 0.2) is 0 Å². The predicted molar refractivity (Wildman–Crippen MR) is 43.1 cm³/mol.